The highest BCUT2D eigenvalue weighted by atomic mass is 19.4. The second-order valence-electron chi connectivity index (χ2n) is 9.31. The van der Waals surface area contributed by atoms with Crippen LogP contribution in [0.5, 0.6) is 0 Å². The largest absolute Gasteiger partial charge is 0.433 e. The average molecular weight is 528 g/mol. The highest BCUT2D eigenvalue weighted by Crippen LogP contribution is 2.36. The molecule has 1 amide bonds. The first kappa shape index (κ1) is 27.1. The van der Waals surface area contributed by atoms with Crippen molar-refractivity contribution in [3.05, 3.63) is 75.8 Å². The number of hydrogen-bond donors (Lipinski definition) is 2. The van der Waals surface area contributed by atoms with Gasteiger partial charge in [-0.25, -0.2) is 4.98 Å². The first-order valence-electron chi connectivity index (χ1n) is 12.0. The standard InChI is InChI=1S/C27H28F3N5O3/c1-16-3-6-21(33-26(36)20-11-24(27(28,29)30)34-25(31)12-20)13-22(16)18-4-5-19-9-17(14-32-37)15-35(7-8-38-2)23(19)10-18/h3-6,10-13,17H,7-9,14-15H2,1-2H3,(H2,31,34)(H,33,36). The summed E-state index contributed by atoms with van der Waals surface area (Å²) >= 11 is 0. The number of rotatable bonds is 8. The van der Waals surface area contributed by atoms with E-state index in [9.17, 15) is 22.9 Å². The molecule has 0 bridgehead atoms. The first-order chi connectivity index (χ1) is 18.1. The molecular weight excluding hydrogens is 499 g/mol. The van der Waals surface area contributed by atoms with Gasteiger partial charge < -0.3 is 20.7 Å². The van der Waals surface area contributed by atoms with Gasteiger partial charge in [0.15, 0.2) is 0 Å². The summed E-state index contributed by atoms with van der Waals surface area (Å²) in [7, 11) is 1.64. The number of nitrogens with one attached hydrogen (secondary N) is 1. The number of methoxy groups -OCH3 is 1. The molecule has 200 valence electrons. The van der Waals surface area contributed by atoms with Crippen molar-refractivity contribution < 1.29 is 22.7 Å². The number of halogens is 3. The number of alkyl halides is 3. The number of fused-ring (bicyclic) bond motifs is 1. The molecule has 2 aromatic carbocycles. The molecule has 0 saturated heterocycles. The summed E-state index contributed by atoms with van der Waals surface area (Å²) < 4.78 is 44.6. The van der Waals surface area contributed by atoms with Crippen molar-refractivity contribution in [3.8, 4) is 11.1 Å². The van der Waals surface area contributed by atoms with E-state index in [0.29, 0.717) is 31.5 Å². The Morgan fingerprint density at radius 3 is 2.71 bits per heavy atom. The number of aromatic nitrogens is 1. The number of amides is 1. The van der Waals surface area contributed by atoms with Crippen LogP contribution in [0.1, 0.15) is 27.2 Å². The van der Waals surface area contributed by atoms with E-state index in [2.05, 4.69) is 26.4 Å². The van der Waals surface area contributed by atoms with Crippen molar-refractivity contribution in [2.24, 2.45) is 11.1 Å². The van der Waals surface area contributed by atoms with Gasteiger partial charge in [0.05, 0.1) is 13.2 Å². The van der Waals surface area contributed by atoms with Crippen LogP contribution in [-0.4, -0.2) is 44.2 Å². The molecule has 0 spiro atoms. The summed E-state index contributed by atoms with van der Waals surface area (Å²) in [5.74, 6) is -0.999. The molecule has 0 saturated carbocycles. The topological polar surface area (TPSA) is 110 Å². The smallest absolute Gasteiger partial charge is 0.384 e. The maximum Gasteiger partial charge on any atom is 0.433 e. The molecule has 1 aliphatic heterocycles. The maximum atomic E-state index is 13.1. The number of nitrogen functional groups attached to an aromatic ring is 1. The molecule has 8 nitrogen and oxygen atoms in total. The number of carbonyl (C=O) groups excluding carboxylic acids is 1. The molecule has 3 N–H and O–H groups in total. The number of hydrogen-bond acceptors (Lipinski definition) is 7. The quantitative estimate of drug-likeness (QED) is 0.385. The van der Waals surface area contributed by atoms with Gasteiger partial charge in [-0.15, -0.1) is 0 Å². The number of nitrogens with two attached hydrogens (primary N) is 1. The molecule has 1 aromatic heterocycles. The fraction of sp³-hybridized carbons (Fsp3) is 0.333. The number of anilines is 3. The van der Waals surface area contributed by atoms with E-state index < -0.39 is 23.6 Å². The molecule has 0 aliphatic carbocycles. The van der Waals surface area contributed by atoms with E-state index >= 15 is 0 Å². The van der Waals surface area contributed by atoms with Crippen LogP contribution in [0.15, 0.2) is 53.7 Å². The summed E-state index contributed by atoms with van der Waals surface area (Å²) in [4.78, 5) is 29.1. The molecule has 1 aliphatic rings. The van der Waals surface area contributed by atoms with Crippen LogP contribution in [0.25, 0.3) is 11.1 Å². The molecule has 1 unspecified atom stereocenters. The Morgan fingerprint density at radius 1 is 1.21 bits per heavy atom. The van der Waals surface area contributed by atoms with E-state index in [-0.39, 0.29) is 18.0 Å². The van der Waals surface area contributed by atoms with Crippen LogP contribution in [0, 0.1) is 17.7 Å². The van der Waals surface area contributed by atoms with Gasteiger partial charge >= 0.3 is 6.18 Å². The molecule has 11 heteroatoms. The summed E-state index contributed by atoms with van der Waals surface area (Å²) in [5.41, 5.74) is 9.35. The molecule has 4 rings (SSSR count). The Morgan fingerprint density at radius 2 is 2.00 bits per heavy atom. The number of ether oxygens (including phenoxy) is 1. The van der Waals surface area contributed by atoms with Crippen LogP contribution >= 0.6 is 0 Å². The Labute approximate surface area is 218 Å². The molecular formula is C27H28F3N5O3. The first-order valence-corrected chi connectivity index (χ1v) is 12.0. The monoisotopic (exact) mass is 527 g/mol. The molecule has 0 fully saturated rings. The third-order valence-corrected chi connectivity index (χ3v) is 6.52. The van der Waals surface area contributed by atoms with Crippen LogP contribution in [0.4, 0.5) is 30.4 Å². The van der Waals surface area contributed by atoms with Gasteiger partial charge in [0.25, 0.3) is 5.91 Å². The highest BCUT2D eigenvalue weighted by molar-refractivity contribution is 6.05. The zero-order valence-corrected chi connectivity index (χ0v) is 21.0. The number of pyridine rings is 1. The van der Waals surface area contributed by atoms with Gasteiger partial charge in [0.2, 0.25) is 0 Å². The number of nitroso groups, excluding NO2 is 1. The van der Waals surface area contributed by atoms with Gasteiger partial charge in [-0.1, -0.05) is 23.4 Å². The van der Waals surface area contributed by atoms with Crippen LogP contribution in [0.3, 0.4) is 0 Å². The van der Waals surface area contributed by atoms with E-state index in [1.165, 1.54) is 0 Å². The van der Waals surface area contributed by atoms with Gasteiger partial charge in [-0.3, -0.25) is 4.79 Å². The zero-order chi connectivity index (χ0) is 27.4. The van der Waals surface area contributed by atoms with E-state index in [1.54, 1.807) is 19.2 Å². The van der Waals surface area contributed by atoms with Crippen LogP contribution < -0.4 is 16.0 Å². The summed E-state index contributed by atoms with van der Waals surface area (Å²) in [6, 6.07) is 13.2. The second kappa shape index (κ2) is 11.2. The molecule has 0 radical (unpaired) electrons. The molecule has 1 atom stereocenters. The van der Waals surface area contributed by atoms with Crippen molar-refractivity contribution in [3.63, 3.8) is 0 Å². The lowest BCUT2D eigenvalue weighted by molar-refractivity contribution is -0.141. The molecule has 3 aromatic rings. The van der Waals surface area contributed by atoms with Gasteiger partial charge in [-0.05, 0) is 65.9 Å². The van der Waals surface area contributed by atoms with Crippen LogP contribution in [-0.2, 0) is 17.3 Å². The Balaban J connectivity index is 1.63. The minimum absolute atomic E-state index is 0.128. The Kier molecular flexibility index (Phi) is 7.96. The number of benzene rings is 2. The highest BCUT2D eigenvalue weighted by Gasteiger charge is 2.33. The zero-order valence-electron chi connectivity index (χ0n) is 21.0. The lowest BCUT2D eigenvalue weighted by Gasteiger charge is -2.35. The van der Waals surface area contributed by atoms with E-state index in [1.807, 2.05) is 25.1 Å². The van der Waals surface area contributed by atoms with Crippen molar-refractivity contribution >= 4 is 23.1 Å². The minimum atomic E-state index is -4.73. The molecule has 38 heavy (non-hydrogen) atoms. The molecule has 2 heterocycles. The summed E-state index contributed by atoms with van der Waals surface area (Å²) in [6.07, 6.45) is -3.98. The lowest BCUT2D eigenvalue weighted by atomic mass is 9.89. The van der Waals surface area contributed by atoms with Crippen molar-refractivity contribution in [2.45, 2.75) is 19.5 Å². The maximum absolute atomic E-state index is 13.1. The van der Waals surface area contributed by atoms with Crippen LogP contribution in [0.2, 0.25) is 0 Å². The van der Waals surface area contributed by atoms with Gasteiger partial charge in [0.1, 0.15) is 11.5 Å². The Bertz CT molecular complexity index is 1350. The minimum Gasteiger partial charge on any atom is -0.384 e. The third-order valence-electron chi connectivity index (χ3n) is 6.52. The van der Waals surface area contributed by atoms with E-state index in [0.717, 1.165) is 40.4 Å². The normalized spacial score (nSPS) is 15.2. The number of aryl methyl sites for hydroxylation is 1. The number of carbonyl (C=O) groups is 1. The summed E-state index contributed by atoms with van der Waals surface area (Å²) in [5, 5.41) is 5.76. The lowest BCUT2D eigenvalue weighted by Crippen LogP contribution is -2.38. The number of nitrogens with zero attached hydrogens (tertiary/aromatic N) is 3. The fourth-order valence-electron chi connectivity index (χ4n) is 4.67. The SMILES string of the molecule is COCCN1CC(CN=O)Cc2ccc(-c3cc(NC(=O)c4cc(N)nc(C(F)(F)F)c4)ccc3C)cc21. The van der Waals surface area contributed by atoms with Gasteiger partial charge in [-0.2, -0.15) is 18.1 Å². The Hall–Kier alpha value is -3.99. The van der Waals surface area contributed by atoms with Crippen molar-refractivity contribution in [1.29, 1.82) is 0 Å². The predicted molar refractivity (Wildman–Crippen MR) is 140 cm³/mol. The predicted octanol–water partition coefficient (Wildman–Crippen LogP) is 5.30. The third kappa shape index (κ3) is 6.10. The van der Waals surface area contributed by atoms with E-state index in [4.69, 9.17) is 10.5 Å². The van der Waals surface area contributed by atoms with Gasteiger partial charge in [0, 0.05) is 43.1 Å². The average Bonchev–Trinajstić information content (AvgIpc) is 2.87. The second-order valence-corrected chi connectivity index (χ2v) is 9.31. The fourth-order valence-corrected chi connectivity index (χ4v) is 4.67. The van der Waals surface area contributed by atoms with Crippen molar-refractivity contribution in [1.82, 2.24) is 4.98 Å². The van der Waals surface area contributed by atoms with Crippen molar-refractivity contribution in [2.75, 3.05) is 49.3 Å². The summed E-state index contributed by atoms with van der Waals surface area (Å²) in [6.45, 7) is 4.07.